The van der Waals surface area contributed by atoms with E-state index in [1.165, 1.54) is 116 Å². The lowest BCUT2D eigenvalue weighted by molar-refractivity contribution is 0.301. The Bertz CT molecular complexity index is 563. The van der Waals surface area contributed by atoms with Crippen LogP contribution in [0, 0.1) is 11.8 Å². The summed E-state index contributed by atoms with van der Waals surface area (Å²) in [6, 6.07) is 7.65. The highest BCUT2D eigenvalue weighted by molar-refractivity contribution is 5.36. The van der Waals surface area contributed by atoms with E-state index in [0.717, 1.165) is 17.8 Å². The molecule has 3 rings (SSSR count). The molecule has 0 aliphatic heterocycles. The van der Waals surface area contributed by atoms with Crippen molar-refractivity contribution in [3.8, 4) is 0 Å². The van der Waals surface area contributed by atoms with Crippen LogP contribution in [0.15, 0.2) is 18.2 Å². The molecule has 0 amide bonds. The molecule has 0 radical (unpaired) electrons. The van der Waals surface area contributed by atoms with Crippen LogP contribution in [0.5, 0.6) is 0 Å². The van der Waals surface area contributed by atoms with Gasteiger partial charge < -0.3 is 0 Å². The van der Waals surface area contributed by atoms with E-state index >= 15 is 0 Å². The fraction of sp³-hybridized carbons (Fsp3) is 0.793. The Hall–Kier alpha value is -0.780. The molecule has 0 heteroatoms. The van der Waals surface area contributed by atoms with Gasteiger partial charge in [-0.25, -0.2) is 0 Å². The molecule has 0 nitrogen and oxygen atoms in total. The number of hydrogen-bond acceptors (Lipinski definition) is 0. The van der Waals surface area contributed by atoms with Crippen LogP contribution >= 0.6 is 0 Å². The van der Waals surface area contributed by atoms with Crippen molar-refractivity contribution in [2.24, 2.45) is 11.8 Å². The molecule has 0 N–H and O–H groups in total. The lowest BCUT2D eigenvalue weighted by Crippen LogP contribution is -2.16. The van der Waals surface area contributed by atoms with E-state index in [1.54, 1.807) is 16.7 Å². The predicted octanol–water partition coefficient (Wildman–Crippen LogP) is 9.40. The maximum Gasteiger partial charge on any atom is -0.0162 e. The van der Waals surface area contributed by atoms with Crippen molar-refractivity contribution in [2.45, 2.75) is 135 Å². The normalized spacial score (nSPS) is 24.4. The summed E-state index contributed by atoms with van der Waals surface area (Å²) < 4.78 is 0. The van der Waals surface area contributed by atoms with Gasteiger partial charge in [0, 0.05) is 0 Å². The van der Waals surface area contributed by atoms with Gasteiger partial charge in [0.05, 0.1) is 0 Å². The molecule has 1 aromatic carbocycles. The average Bonchev–Trinajstić information content (AvgIpc) is 2.76. The summed E-state index contributed by atoms with van der Waals surface area (Å²) in [7, 11) is 0. The molecule has 2 aliphatic rings. The molecule has 2 aliphatic carbocycles. The lowest BCUT2D eigenvalue weighted by atomic mass is 9.75. The van der Waals surface area contributed by atoms with E-state index < -0.39 is 0 Å². The summed E-state index contributed by atoms with van der Waals surface area (Å²) in [5.74, 6) is 2.83. The first-order chi connectivity index (χ1) is 14.3. The highest BCUT2D eigenvalue weighted by atomic mass is 14.3. The summed E-state index contributed by atoms with van der Waals surface area (Å²) in [6.07, 6.45) is 25.8. The molecule has 0 aromatic heterocycles. The molecule has 1 atom stereocenters. The van der Waals surface area contributed by atoms with Crippen LogP contribution in [0.2, 0.25) is 0 Å². The molecule has 0 heterocycles. The molecule has 0 saturated heterocycles. The van der Waals surface area contributed by atoms with Gasteiger partial charge in [0.1, 0.15) is 0 Å². The van der Waals surface area contributed by atoms with Gasteiger partial charge >= 0.3 is 0 Å². The number of rotatable bonds is 12. The smallest absolute Gasteiger partial charge is 0.0162 e. The highest BCUT2D eigenvalue weighted by Crippen LogP contribution is 2.39. The molecule has 1 unspecified atom stereocenters. The van der Waals surface area contributed by atoms with Crippen LogP contribution in [0.25, 0.3) is 0 Å². The Morgan fingerprint density at radius 2 is 1.31 bits per heavy atom. The van der Waals surface area contributed by atoms with E-state index in [2.05, 4.69) is 32.0 Å². The van der Waals surface area contributed by atoms with Gasteiger partial charge in [0.25, 0.3) is 0 Å². The SMILES string of the molecule is CCCCCCC[C@H]1CC[C@H](c2ccc3c(c2)CCC(CCCCCC)C3)CC1. The van der Waals surface area contributed by atoms with Crippen molar-refractivity contribution in [1.82, 2.24) is 0 Å². The lowest BCUT2D eigenvalue weighted by Gasteiger charge is -2.30. The largest absolute Gasteiger partial charge is 0.0654 e. The standard InChI is InChI=1S/C29H48/c1-3-5-7-9-11-12-24-14-17-26(18-15-24)28-21-20-27-22-25(13-10-8-6-4-2)16-19-29(27)23-28/h20-21,23-26H,3-19,22H2,1-2H3/t24-,25?,26-. The van der Waals surface area contributed by atoms with Crippen LogP contribution < -0.4 is 0 Å². The zero-order valence-corrected chi connectivity index (χ0v) is 19.7. The second kappa shape index (κ2) is 12.8. The van der Waals surface area contributed by atoms with Gasteiger partial charge in [-0.2, -0.15) is 0 Å². The Morgan fingerprint density at radius 1 is 0.655 bits per heavy atom. The fourth-order valence-corrected chi connectivity index (χ4v) is 6.03. The molecule has 29 heavy (non-hydrogen) atoms. The summed E-state index contributed by atoms with van der Waals surface area (Å²) in [5, 5.41) is 0. The monoisotopic (exact) mass is 396 g/mol. The van der Waals surface area contributed by atoms with Crippen molar-refractivity contribution in [3.05, 3.63) is 34.9 Å². The zero-order valence-electron chi connectivity index (χ0n) is 19.7. The van der Waals surface area contributed by atoms with Crippen LogP contribution in [0.3, 0.4) is 0 Å². The molecule has 0 spiro atoms. The van der Waals surface area contributed by atoms with Crippen LogP contribution in [0.4, 0.5) is 0 Å². The van der Waals surface area contributed by atoms with E-state index in [4.69, 9.17) is 0 Å². The second-order valence-electron chi connectivity index (χ2n) is 10.4. The highest BCUT2D eigenvalue weighted by Gasteiger charge is 2.24. The molecule has 1 saturated carbocycles. The van der Waals surface area contributed by atoms with Crippen LogP contribution in [-0.2, 0) is 12.8 Å². The predicted molar refractivity (Wildman–Crippen MR) is 129 cm³/mol. The zero-order chi connectivity index (χ0) is 20.3. The van der Waals surface area contributed by atoms with Crippen molar-refractivity contribution in [1.29, 1.82) is 0 Å². The van der Waals surface area contributed by atoms with Gasteiger partial charge in [0.2, 0.25) is 0 Å². The van der Waals surface area contributed by atoms with Gasteiger partial charge in [-0.05, 0) is 79.4 Å². The Kier molecular flexibility index (Phi) is 10.1. The van der Waals surface area contributed by atoms with Crippen LogP contribution in [-0.4, -0.2) is 0 Å². The maximum atomic E-state index is 2.62. The maximum absolute atomic E-state index is 2.62. The first-order valence-electron chi connectivity index (χ1n) is 13.4. The molecule has 0 bridgehead atoms. The Morgan fingerprint density at radius 3 is 2.03 bits per heavy atom. The summed E-state index contributed by atoms with van der Waals surface area (Å²) in [4.78, 5) is 0. The summed E-state index contributed by atoms with van der Waals surface area (Å²) in [5.41, 5.74) is 5.05. The van der Waals surface area contributed by atoms with E-state index in [0.29, 0.717) is 0 Å². The quantitative estimate of drug-likeness (QED) is 0.309. The van der Waals surface area contributed by atoms with Crippen LogP contribution in [0.1, 0.15) is 139 Å². The number of aryl methyl sites for hydroxylation is 1. The van der Waals surface area contributed by atoms with Gasteiger partial charge in [0.15, 0.2) is 0 Å². The van der Waals surface area contributed by atoms with E-state index in [9.17, 15) is 0 Å². The molecule has 1 fully saturated rings. The van der Waals surface area contributed by atoms with Crippen molar-refractivity contribution in [3.63, 3.8) is 0 Å². The van der Waals surface area contributed by atoms with E-state index in [-0.39, 0.29) is 0 Å². The first kappa shape index (κ1) is 22.9. The first-order valence-corrected chi connectivity index (χ1v) is 13.4. The molecule has 164 valence electrons. The third kappa shape index (κ3) is 7.45. The van der Waals surface area contributed by atoms with Crippen molar-refractivity contribution in [2.75, 3.05) is 0 Å². The third-order valence-electron chi connectivity index (χ3n) is 8.06. The number of unbranched alkanes of at least 4 members (excludes halogenated alkanes) is 7. The van der Waals surface area contributed by atoms with Gasteiger partial charge in [-0.1, -0.05) is 103 Å². The van der Waals surface area contributed by atoms with Crippen molar-refractivity contribution >= 4 is 0 Å². The molecular weight excluding hydrogens is 348 g/mol. The Balaban J connectivity index is 1.41. The number of hydrogen-bond donors (Lipinski definition) is 0. The number of fused-ring (bicyclic) bond motifs is 1. The minimum Gasteiger partial charge on any atom is -0.0654 e. The topological polar surface area (TPSA) is 0 Å². The van der Waals surface area contributed by atoms with Gasteiger partial charge in [-0.3, -0.25) is 0 Å². The second-order valence-corrected chi connectivity index (χ2v) is 10.4. The average molecular weight is 397 g/mol. The summed E-state index contributed by atoms with van der Waals surface area (Å²) >= 11 is 0. The molecular formula is C29H48. The summed E-state index contributed by atoms with van der Waals surface area (Å²) in [6.45, 7) is 4.63. The third-order valence-corrected chi connectivity index (χ3v) is 8.06. The number of benzene rings is 1. The minimum atomic E-state index is 0.850. The molecule has 1 aromatic rings. The van der Waals surface area contributed by atoms with Gasteiger partial charge in [-0.15, -0.1) is 0 Å². The Labute approximate surface area is 182 Å². The van der Waals surface area contributed by atoms with Crippen molar-refractivity contribution < 1.29 is 0 Å². The van der Waals surface area contributed by atoms with E-state index in [1.807, 2.05) is 0 Å². The minimum absolute atomic E-state index is 0.850. The fourth-order valence-electron chi connectivity index (χ4n) is 6.03.